The van der Waals surface area contributed by atoms with Gasteiger partial charge in [-0.2, -0.15) is 4.68 Å². The number of aromatic carboxylic acids is 1. The van der Waals surface area contributed by atoms with Crippen LogP contribution in [0.5, 0.6) is 0 Å². The quantitative estimate of drug-likeness (QED) is 0.558. The van der Waals surface area contributed by atoms with Crippen molar-refractivity contribution in [2.24, 2.45) is 0 Å². The molecule has 0 saturated carbocycles. The lowest BCUT2D eigenvalue weighted by molar-refractivity contribution is 0.0693. The van der Waals surface area contributed by atoms with Crippen molar-refractivity contribution in [2.45, 2.75) is 0 Å². The van der Waals surface area contributed by atoms with Crippen LogP contribution in [0.25, 0.3) is 0 Å². The van der Waals surface area contributed by atoms with Gasteiger partial charge < -0.3 is 15.5 Å². The summed E-state index contributed by atoms with van der Waals surface area (Å²) < 4.78 is 1.47. The van der Waals surface area contributed by atoms with Crippen molar-refractivity contribution in [3.63, 3.8) is 0 Å². The van der Waals surface area contributed by atoms with Gasteiger partial charge in [0.25, 0.3) is 11.5 Å². The highest BCUT2D eigenvalue weighted by Crippen LogP contribution is 2.11. The third kappa shape index (κ3) is 3.97. The fraction of sp³-hybridized carbons (Fsp3) is 0.143. The Morgan fingerprint density at radius 3 is 2.50 bits per heavy atom. The molecule has 0 unspecified atom stereocenters. The van der Waals surface area contributed by atoms with Crippen LogP contribution in [0.4, 0.5) is 5.95 Å². The maximum absolute atomic E-state index is 12.2. The molecule has 1 heterocycles. The normalized spacial score (nSPS) is 10.2. The van der Waals surface area contributed by atoms with Crippen molar-refractivity contribution in [1.82, 2.24) is 9.66 Å². The Morgan fingerprint density at radius 1 is 1.25 bits per heavy atom. The number of aliphatic hydroxyl groups excluding tert-OH is 1. The molecule has 24 heavy (non-hydrogen) atoms. The molecule has 0 atom stereocenters. The Morgan fingerprint density at radius 2 is 1.92 bits per heavy atom. The first-order valence-electron chi connectivity index (χ1n) is 6.71. The van der Waals surface area contributed by atoms with Gasteiger partial charge in [0.05, 0.1) is 12.8 Å². The number of aromatic nitrogens is 2. The minimum atomic E-state index is -1.46. The van der Waals surface area contributed by atoms with E-state index < -0.39 is 23.0 Å². The zero-order valence-electron chi connectivity index (χ0n) is 12.2. The van der Waals surface area contributed by atoms with Crippen LogP contribution in [0.1, 0.15) is 20.7 Å². The van der Waals surface area contributed by atoms with Gasteiger partial charge in [-0.3, -0.25) is 15.0 Å². The SMILES string of the molecule is O=C(Nn1c(NCCO)ncc(C(=O)O)c1=O)c1ccc(Br)cc1. The lowest BCUT2D eigenvalue weighted by atomic mass is 10.2. The Bertz CT molecular complexity index is 819. The first-order valence-corrected chi connectivity index (χ1v) is 7.50. The van der Waals surface area contributed by atoms with Crippen LogP contribution in [0.2, 0.25) is 0 Å². The average Bonchev–Trinajstić information content (AvgIpc) is 2.55. The van der Waals surface area contributed by atoms with E-state index in [9.17, 15) is 14.4 Å². The maximum atomic E-state index is 12.2. The number of carboxylic acid groups (broad SMARTS) is 1. The number of halogens is 1. The number of aliphatic hydroxyl groups is 1. The first kappa shape index (κ1) is 17.6. The van der Waals surface area contributed by atoms with E-state index in [1.807, 2.05) is 0 Å². The first-order chi connectivity index (χ1) is 11.4. The summed E-state index contributed by atoms with van der Waals surface area (Å²) in [5, 5.41) is 20.5. The maximum Gasteiger partial charge on any atom is 0.343 e. The van der Waals surface area contributed by atoms with Crippen molar-refractivity contribution in [3.05, 3.63) is 56.4 Å². The smallest absolute Gasteiger partial charge is 0.343 e. The van der Waals surface area contributed by atoms with Crippen molar-refractivity contribution in [1.29, 1.82) is 0 Å². The summed E-state index contributed by atoms with van der Waals surface area (Å²) in [5.74, 6) is -2.18. The van der Waals surface area contributed by atoms with Crippen LogP contribution < -0.4 is 16.3 Å². The van der Waals surface area contributed by atoms with Crippen molar-refractivity contribution in [2.75, 3.05) is 23.9 Å². The molecule has 0 bridgehead atoms. The highest BCUT2D eigenvalue weighted by Gasteiger charge is 2.17. The lowest BCUT2D eigenvalue weighted by Gasteiger charge is -2.14. The molecule has 0 saturated heterocycles. The topological polar surface area (TPSA) is 134 Å². The van der Waals surface area contributed by atoms with Gasteiger partial charge in [-0.15, -0.1) is 0 Å². The van der Waals surface area contributed by atoms with Crippen molar-refractivity contribution in [3.8, 4) is 0 Å². The van der Waals surface area contributed by atoms with Crippen LogP contribution in [-0.2, 0) is 0 Å². The summed E-state index contributed by atoms with van der Waals surface area (Å²) in [4.78, 5) is 39.3. The molecule has 0 spiro atoms. The van der Waals surface area contributed by atoms with Gasteiger partial charge in [-0.1, -0.05) is 15.9 Å². The third-order valence-electron chi connectivity index (χ3n) is 2.91. The number of benzene rings is 1. The molecule has 10 heteroatoms. The van der Waals surface area contributed by atoms with E-state index in [2.05, 4.69) is 31.7 Å². The van der Waals surface area contributed by atoms with Crippen LogP contribution in [-0.4, -0.2) is 44.9 Å². The molecule has 0 fully saturated rings. The van der Waals surface area contributed by atoms with E-state index in [1.165, 1.54) is 12.1 Å². The molecule has 1 aromatic carbocycles. The number of nitrogens with one attached hydrogen (secondary N) is 2. The van der Waals surface area contributed by atoms with Crippen LogP contribution in [0, 0.1) is 0 Å². The van der Waals surface area contributed by atoms with E-state index in [4.69, 9.17) is 10.2 Å². The number of amides is 1. The van der Waals surface area contributed by atoms with E-state index in [-0.39, 0.29) is 24.7 Å². The van der Waals surface area contributed by atoms with Crippen molar-refractivity contribution >= 4 is 33.8 Å². The molecule has 126 valence electrons. The van der Waals surface area contributed by atoms with Crippen LogP contribution in [0.15, 0.2) is 39.7 Å². The number of rotatable bonds is 6. The minimum absolute atomic E-state index is 0.0625. The second-order valence-electron chi connectivity index (χ2n) is 4.54. The molecule has 0 aliphatic carbocycles. The van der Waals surface area contributed by atoms with E-state index in [0.29, 0.717) is 4.68 Å². The van der Waals surface area contributed by atoms with E-state index in [0.717, 1.165) is 10.7 Å². The lowest BCUT2D eigenvalue weighted by Crippen LogP contribution is -2.38. The summed E-state index contributed by atoms with van der Waals surface area (Å²) in [7, 11) is 0. The van der Waals surface area contributed by atoms with Crippen LogP contribution >= 0.6 is 15.9 Å². The van der Waals surface area contributed by atoms with E-state index in [1.54, 1.807) is 12.1 Å². The molecule has 0 aliphatic heterocycles. The Balaban J connectivity index is 2.40. The van der Waals surface area contributed by atoms with Crippen LogP contribution in [0.3, 0.4) is 0 Å². The number of hydrogen-bond acceptors (Lipinski definition) is 6. The summed E-state index contributed by atoms with van der Waals surface area (Å²) >= 11 is 3.24. The Labute approximate surface area is 144 Å². The number of nitrogens with zero attached hydrogens (tertiary/aromatic N) is 2. The Kier molecular flexibility index (Phi) is 5.66. The molecule has 1 aromatic heterocycles. The number of hydrogen-bond donors (Lipinski definition) is 4. The second kappa shape index (κ2) is 7.70. The van der Waals surface area contributed by atoms with Gasteiger partial charge in [-0.05, 0) is 24.3 Å². The standard InChI is InChI=1S/C14H13BrN4O5/c15-9-3-1-8(2-4-9)11(21)18-19-12(22)10(13(23)24)7-17-14(19)16-5-6-20/h1-4,7,20H,5-6H2,(H,16,17)(H,18,21)(H,23,24). The molecule has 0 aliphatic rings. The highest BCUT2D eigenvalue weighted by molar-refractivity contribution is 9.10. The molecular weight excluding hydrogens is 384 g/mol. The minimum Gasteiger partial charge on any atom is -0.477 e. The molecule has 0 radical (unpaired) electrons. The molecule has 2 aromatic rings. The van der Waals surface area contributed by atoms with Gasteiger partial charge in [0, 0.05) is 16.6 Å². The molecular formula is C14H13BrN4O5. The zero-order chi connectivity index (χ0) is 17.7. The third-order valence-corrected chi connectivity index (χ3v) is 3.43. The molecule has 2 rings (SSSR count). The number of carbonyl (C=O) groups excluding carboxylic acids is 1. The summed E-state index contributed by atoms with van der Waals surface area (Å²) in [6, 6.07) is 6.35. The Hall–Kier alpha value is -2.72. The molecule has 4 N–H and O–H groups in total. The number of carbonyl (C=O) groups is 2. The predicted octanol–water partition coefficient (Wildman–Crippen LogP) is 0.492. The summed E-state index contributed by atoms with van der Waals surface area (Å²) in [5.41, 5.74) is 1.01. The fourth-order valence-electron chi connectivity index (χ4n) is 1.77. The van der Waals surface area contributed by atoms with Gasteiger partial charge in [0.2, 0.25) is 5.95 Å². The van der Waals surface area contributed by atoms with Crippen molar-refractivity contribution < 1.29 is 19.8 Å². The average molecular weight is 397 g/mol. The summed E-state index contributed by atoms with van der Waals surface area (Å²) in [6.45, 7) is -0.176. The second-order valence-corrected chi connectivity index (χ2v) is 5.46. The van der Waals surface area contributed by atoms with Gasteiger partial charge >= 0.3 is 5.97 Å². The monoisotopic (exact) mass is 396 g/mol. The largest absolute Gasteiger partial charge is 0.477 e. The zero-order valence-corrected chi connectivity index (χ0v) is 13.8. The van der Waals surface area contributed by atoms with Gasteiger partial charge in [-0.25, -0.2) is 9.78 Å². The van der Waals surface area contributed by atoms with Gasteiger partial charge in [0.15, 0.2) is 0 Å². The predicted molar refractivity (Wildman–Crippen MR) is 88.9 cm³/mol. The summed E-state index contributed by atoms with van der Waals surface area (Å²) in [6.07, 6.45) is 0.882. The molecule has 1 amide bonds. The van der Waals surface area contributed by atoms with Gasteiger partial charge in [0.1, 0.15) is 5.56 Å². The highest BCUT2D eigenvalue weighted by atomic mass is 79.9. The number of carboxylic acids is 1. The fourth-order valence-corrected chi connectivity index (χ4v) is 2.03. The number of anilines is 1. The molecule has 9 nitrogen and oxygen atoms in total. The van der Waals surface area contributed by atoms with E-state index >= 15 is 0 Å².